The number of nitrogens with zero attached hydrogens (tertiary/aromatic N) is 3. The Bertz CT molecular complexity index is 1020. The molecule has 2 aromatic heterocycles. The predicted molar refractivity (Wildman–Crippen MR) is 112 cm³/mol. The zero-order chi connectivity index (χ0) is 23.1. The Labute approximate surface area is 182 Å². The van der Waals surface area contributed by atoms with Gasteiger partial charge in [-0.1, -0.05) is 25.5 Å². The molecule has 2 N–H and O–H groups in total. The molecule has 0 radical (unpaired) electrons. The van der Waals surface area contributed by atoms with Crippen molar-refractivity contribution in [2.24, 2.45) is 0 Å². The lowest BCUT2D eigenvalue weighted by molar-refractivity contribution is -0.141. The molecule has 0 fully saturated rings. The van der Waals surface area contributed by atoms with E-state index in [4.69, 9.17) is 9.84 Å². The monoisotopic (exact) mass is 448 g/mol. The van der Waals surface area contributed by atoms with Gasteiger partial charge in [-0.15, -0.1) is 0 Å². The molecule has 2 heterocycles. The summed E-state index contributed by atoms with van der Waals surface area (Å²) < 4.78 is 45.5. The first-order valence-corrected chi connectivity index (χ1v) is 10.1. The highest BCUT2D eigenvalue weighted by atomic mass is 19.4. The molecule has 32 heavy (non-hydrogen) atoms. The van der Waals surface area contributed by atoms with Gasteiger partial charge in [0, 0.05) is 18.4 Å². The number of benzene rings is 1. The van der Waals surface area contributed by atoms with Crippen LogP contribution < -0.4 is 10.1 Å². The fourth-order valence-electron chi connectivity index (χ4n) is 3.04. The van der Waals surface area contributed by atoms with Crippen LogP contribution in [0.2, 0.25) is 0 Å². The normalized spacial score (nSPS) is 12.4. The van der Waals surface area contributed by atoms with E-state index in [0.717, 1.165) is 36.6 Å². The SMILES string of the molecule is CCCC(Oc1ccc(-n2cnc(C(F)(F)F)c2)nc1)c1ccc(NCCC(=O)O)cc1. The van der Waals surface area contributed by atoms with Crippen LogP contribution in [0.4, 0.5) is 18.9 Å². The van der Waals surface area contributed by atoms with Crippen molar-refractivity contribution < 1.29 is 27.8 Å². The van der Waals surface area contributed by atoms with Gasteiger partial charge in [0.25, 0.3) is 0 Å². The second-order valence-electron chi connectivity index (χ2n) is 7.10. The van der Waals surface area contributed by atoms with Crippen molar-refractivity contribution in [2.45, 2.75) is 38.5 Å². The Morgan fingerprint density at radius 3 is 2.50 bits per heavy atom. The van der Waals surface area contributed by atoms with E-state index < -0.39 is 17.8 Å². The third-order valence-corrected chi connectivity index (χ3v) is 4.64. The van der Waals surface area contributed by atoms with Crippen molar-refractivity contribution in [3.8, 4) is 11.6 Å². The van der Waals surface area contributed by atoms with Gasteiger partial charge < -0.3 is 15.2 Å². The number of alkyl halides is 3. The quantitative estimate of drug-likeness (QED) is 0.449. The lowest BCUT2D eigenvalue weighted by Gasteiger charge is -2.19. The van der Waals surface area contributed by atoms with Crippen molar-refractivity contribution in [2.75, 3.05) is 11.9 Å². The molecule has 0 saturated heterocycles. The number of carbonyl (C=O) groups is 1. The first-order chi connectivity index (χ1) is 15.3. The molecule has 1 unspecified atom stereocenters. The zero-order valence-electron chi connectivity index (χ0n) is 17.3. The Kier molecular flexibility index (Phi) is 7.34. The molecule has 10 heteroatoms. The lowest BCUT2D eigenvalue weighted by Crippen LogP contribution is -2.09. The summed E-state index contributed by atoms with van der Waals surface area (Å²) in [7, 11) is 0. The number of aromatic nitrogens is 3. The molecule has 0 saturated carbocycles. The van der Waals surface area contributed by atoms with Crippen molar-refractivity contribution in [3.63, 3.8) is 0 Å². The van der Waals surface area contributed by atoms with Crippen LogP contribution in [0.15, 0.2) is 55.1 Å². The first-order valence-electron chi connectivity index (χ1n) is 10.1. The summed E-state index contributed by atoms with van der Waals surface area (Å²) in [5.41, 5.74) is 0.780. The van der Waals surface area contributed by atoms with Gasteiger partial charge in [-0.05, 0) is 36.2 Å². The molecule has 170 valence electrons. The van der Waals surface area contributed by atoms with Gasteiger partial charge in [0.2, 0.25) is 0 Å². The van der Waals surface area contributed by atoms with E-state index in [1.165, 1.54) is 10.8 Å². The third kappa shape index (κ3) is 6.22. The fraction of sp³-hybridized carbons (Fsp3) is 0.318. The summed E-state index contributed by atoms with van der Waals surface area (Å²) >= 11 is 0. The molecule has 0 aliphatic rings. The minimum atomic E-state index is -4.51. The highest BCUT2D eigenvalue weighted by Gasteiger charge is 2.33. The molecule has 1 aromatic carbocycles. The molecule has 0 spiro atoms. The highest BCUT2D eigenvalue weighted by Crippen LogP contribution is 2.29. The number of carboxylic acids is 1. The molecule has 0 aliphatic heterocycles. The van der Waals surface area contributed by atoms with Crippen LogP contribution in [-0.4, -0.2) is 32.2 Å². The van der Waals surface area contributed by atoms with Gasteiger partial charge in [0.1, 0.15) is 24.0 Å². The maximum Gasteiger partial charge on any atom is 0.434 e. The highest BCUT2D eigenvalue weighted by molar-refractivity contribution is 5.67. The maximum absolute atomic E-state index is 12.7. The second kappa shape index (κ2) is 10.2. The first kappa shape index (κ1) is 23.1. The Balaban J connectivity index is 1.67. The minimum absolute atomic E-state index is 0.0307. The number of carboxylic acid groups (broad SMARTS) is 1. The number of aliphatic carboxylic acids is 1. The van der Waals surface area contributed by atoms with Gasteiger partial charge >= 0.3 is 12.1 Å². The molecule has 0 amide bonds. The maximum atomic E-state index is 12.7. The number of rotatable bonds is 10. The molecular weight excluding hydrogens is 425 g/mol. The lowest BCUT2D eigenvalue weighted by atomic mass is 10.0. The molecule has 3 aromatic rings. The summed E-state index contributed by atoms with van der Waals surface area (Å²) in [4.78, 5) is 18.2. The van der Waals surface area contributed by atoms with Crippen LogP contribution in [0.25, 0.3) is 5.82 Å². The van der Waals surface area contributed by atoms with E-state index in [9.17, 15) is 18.0 Å². The standard InChI is InChI=1S/C22H23F3N4O3/c1-2-3-18(15-4-6-16(7-5-15)26-11-10-21(30)31)32-17-8-9-20(27-12-17)29-13-19(28-14-29)22(23,24)25/h4-9,12-14,18,26H,2-3,10-11H2,1H3,(H,30,31). The number of hydrogen-bond acceptors (Lipinski definition) is 5. The smallest absolute Gasteiger partial charge is 0.434 e. The van der Waals surface area contributed by atoms with Crippen LogP contribution in [-0.2, 0) is 11.0 Å². The van der Waals surface area contributed by atoms with Crippen molar-refractivity contribution in [3.05, 3.63) is 66.4 Å². The number of ether oxygens (including phenoxy) is 1. The van der Waals surface area contributed by atoms with Crippen LogP contribution in [0.3, 0.4) is 0 Å². The summed E-state index contributed by atoms with van der Waals surface area (Å²) in [6.07, 6.45) is 0.338. The second-order valence-corrected chi connectivity index (χ2v) is 7.10. The van der Waals surface area contributed by atoms with Crippen LogP contribution in [0, 0.1) is 0 Å². The Hall–Kier alpha value is -3.56. The van der Waals surface area contributed by atoms with E-state index >= 15 is 0 Å². The van der Waals surface area contributed by atoms with Gasteiger partial charge in [-0.2, -0.15) is 13.2 Å². The van der Waals surface area contributed by atoms with Crippen molar-refractivity contribution in [1.82, 2.24) is 14.5 Å². The molecule has 1 atom stereocenters. The van der Waals surface area contributed by atoms with E-state index in [-0.39, 0.29) is 12.5 Å². The van der Waals surface area contributed by atoms with Gasteiger partial charge in [0.05, 0.1) is 12.6 Å². The largest absolute Gasteiger partial charge is 0.484 e. The molecule has 0 bridgehead atoms. The van der Waals surface area contributed by atoms with E-state index in [1.807, 2.05) is 31.2 Å². The average Bonchev–Trinajstić information content (AvgIpc) is 3.25. The van der Waals surface area contributed by atoms with E-state index in [2.05, 4.69) is 15.3 Å². The average molecular weight is 448 g/mol. The van der Waals surface area contributed by atoms with Crippen LogP contribution in [0.5, 0.6) is 5.75 Å². The van der Waals surface area contributed by atoms with Gasteiger partial charge in [0.15, 0.2) is 5.69 Å². The molecule has 3 rings (SSSR count). The summed E-state index contributed by atoms with van der Waals surface area (Å²) in [6.45, 7) is 2.37. The van der Waals surface area contributed by atoms with Crippen molar-refractivity contribution in [1.29, 1.82) is 0 Å². The van der Waals surface area contributed by atoms with E-state index in [0.29, 0.717) is 18.1 Å². The molecule has 7 nitrogen and oxygen atoms in total. The number of hydrogen-bond donors (Lipinski definition) is 2. The number of anilines is 1. The predicted octanol–water partition coefficient (Wildman–Crippen LogP) is 5.09. The number of pyridine rings is 1. The number of halogens is 3. The Morgan fingerprint density at radius 1 is 1.19 bits per heavy atom. The summed E-state index contributed by atoms with van der Waals surface area (Å²) in [5.74, 6) is -0.0739. The van der Waals surface area contributed by atoms with Crippen molar-refractivity contribution >= 4 is 11.7 Å². The fourth-order valence-corrected chi connectivity index (χ4v) is 3.04. The molecule has 0 aliphatic carbocycles. The van der Waals surface area contributed by atoms with E-state index in [1.54, 1.807) is 12.1 Å². The Morgan fingerprint density at radius 2 is 1.94 bits per heavy atom. The van der Waals surface area contributed by atoms with Crippen LogP contribution >= 0.6 is 0 Å². The molecular formula is C22H23F3N4O3. The van der Waals surface area contributed by atoms with Gasteiger partial charge in [-0.25, -0.2) is 9.97 Å². The summed E-state index contributed by atoms with van der Waals surface area (Å²) in [6, 6.07) is 10.8. The van der Waals surface area contributed by atoms with Gasteiger partial charge in [-0.3, -0.25) is 9.36 Å². The minimum Gasteiger partial charge on any atom is -0.484 e. The topological polar surface area (TPSA) is 89.3 Å². The number of imidazole rings is 1. The number of nitrogens with one attached hydrogen (secondary N) is 1. The summed E-state index contributed by atoms with van der Waals surface area (Å²) in [5, 5.41) is 11.8. The van der Waals surface area contributed by atoms with Crippen LogP contribution in [0.1, 0.15) is 43.5 Å². The zero-order valence-corrected chi connectivity index (χ0v) is 17.3. The third-order valence-electron chi connectivity index (χ3n) is 4.64.